The molecular weight excluding hydrogens is 467 g/mol. The highest BCUT2D eigenvalue weighted by Gasteiger charge is 2.26. The monoisotopic (exact) mass is 494 g/mol. The fraction of sp³-hybridized carbons (Fsp3) is 0.391. The summed E-state index contributed by atoms with van der Waals surface area (Å²) in [6, 6.07) is 13.4. The molecule has 2 amide bonds. The standard InChI is InChI=1S/C23H28BrFN2O2S/c1-4-16(2)26-23(29)17(3)27(13-18-7-11-21(25)12-8-18)22(28)15-30-14-19-5-9-20(24)10-6-19/h5-12,16-17H,4,13-15H2,1-3H3,(H,26,29)/t16-,17-/m1/s1. The summed E-state index contributed by atoms with van der Waals surface area (Å²) in [5, 5.41) is 2.94. The predicted molar refractivity (Wildman–Crippen MR) is 125 cm³/mol. The second-order valence-corrected chi connectivity index (χ2v) is 9.16. The number of carbonyl (C=O) groups is 2. The van der Waals surface area contributed by atoms with Gasteiger partial charge in [-0.05, 0) is 55.7 Å². The summed E-state index contributed by atoms with van der Waals surface area (Å²) >= 11 is 4.93. The van der Waals surface area contributed by atoms with Gasteiger partial charge in [-0.1, -0.05) is 47.1 Å². The molecule has 0 spiro atoms. The van der Waals surface area contributed by atoms with Crippen molar-refractivity contribution >= 4 is 39.5 Å². The lowest BCUT2D eigenvalue weighted by Crippen LogP contribution is -2.50. The van der Waals surface area contributed by atoms with E-state index in [-0.39, 0.29) is 36.0 Å². The molecule has 0 bridgehead atoms. The zero-order chi connectivity index (χ0) is 22.1. The molecule has 2 rings (SSSR count). The minimum absolute atomic E-state index is 0.0366. The van der Waals surface area contributed by atoms with Gasteiger partial charge in [0.15, 0.2) is 0 Å². The summed E-state index contributed by atoms with van der Waals surface area (Å²) in [6.45, 7) is 5.92. The Morgan fingerprint density at radius 2 is 1.67 bits per heavy atom. The van der Waals surface area contributed by atoms with Gasteiger partial charge >= 0.3 is 0 Å². The van der Waals surface area contributed by atoms with Crippen LogP contribution in [0.4, 0.5) is 4.39 Å². The first-order valence-corrected chi connectivity index (χ1v) is 11.9. The molecule has 2 aromatic rings. The lowest BCUT2D eigenvalue weighted by Gasteiger charge is -2.29. The minimum atomic E-state index is -0.621. The molecule has 2 aromatic carbocycles. The van der Waals surface area contributed by atoms with Gasteiger partial charge < -0.3 is 10.2 Å². The van der Waals surface area contributed by atoms with Crippen molar-refractivity contribution in [2.75, 3.05) is 5.75 Å². The highest BCUT2D eigenvalue weighted by Crippen LogP contribution is 2.18. The molecule has 4 nitrogen and oxygen atoms in total. The second-order valence-electron chi connectivity index (χ2n) is 7.26. The maximum Gasteiger partial charge on any atom is 0.242 e. The van der Waals surface area contributed by atoms with Crippen molar-refractivity contribution in [3.05, 3.63) is 69.9 Å². The third-order valence-corrected chi connectivity index (χ3v) is 6.36. The van der Waals surface area contributed by atoms with Crippen LogP contribution in [0.5, 0.6) is 0 Å². The lowest BCUT2D eigenvalue weighted by atomic mass is 10.1. The zero-order valence-corrected chi connectivity index (χ0v) is 19.9. The number of thioether (sulfide) groups is 1. The van der Waals surface area contributed by atoms with Crippen LogP contribution in [0.15, 0.2) is 53.0 Å². The summed E-state index contributed by atoms with van der Waals surface area (Å²) in [6.07, 6.45) is 0.813. The Kier molecular flexibility index (Phi) is 9.85. The van der Waals surface area contributed by atoms with Gasteiger partial charge in [0.1, 0.15) is 11.9 Å². The molecule has 0 aromatic heterocycles. The van der Waals surface area contributed by atoms with E-state index in [0.717, 1.165) is 22.0 Å². The largest absolute Gasteiger partial charge is 0.352 e. The summed E-state index contributed by atoms with van der Waals surface area (Å²) in [5.41, 5.74) is 1.91. The van der Waals surface area contributed by atoms with Crippen LogP contribution in [0, 0.1) is 5.82 Å². The first-order valence-electron chi connectivity index (χ1n) is 9.96. The zero-order valence-electron chi connectivity index (χ0n) is 17.5. The van der Waals surface area contributed by atoms with E-state index >= 15 is 0 Å². The Morgan fingerprint density at radius 1 is 1.07 bits per heavy atom. The molecule has 0 aliphatic carbocycles. The van der Waals surface area contributed by atoms with Crippen molar-refractivity contribution in [1.29, 1.82) is 0 Å². The molecule has 162 valence electrons. The number of amides is 2. The van der Waals surface area contributed by atoms with Gasteiger partial charge in [-0.3, -0.25) is 9.59 Å². The normalized spacial score (nSPS) is 12.8. The summed E-state index contributed by atoms with van der Waals surface area (Å²) in [4.78, 5) is 27.2. The van der Waals surface area contributed by atoms with Gasteiger partial charge in [-0.2, -0.15) is 0 Å². The molecule has 2 atom stereocenters. The van der Waals surface area contributed by atoms with E-state index in [4.69, 9.17) is 0 Å². The maximum atomic E-state index is 13.3. The quantitative estimate of drug-likeness (QED) is 0.496. The van der Waals surface area contributed by atoms with Crippen LogP contribution in [0.2, 0.25) is 0 Å². The SMILES string of the molecule is CC[C@@H](C)NC(=O)[C@@H](C)N(Cc1ccc(F)cc1)C(=O)CSCc1ccc(Br)cc1. The fourth-order valence-corrected chi connectivity index (χ4v) is 3.89. The number of benzene rings is 2. The Balaban J connectivity index is 2.06. The first kappa shape index (κ1) is 24.4. The molecule has 30 heavy (non-hydrogen) atoms. The Morgan fingerprint density at radius 3 is 2.27 bits per heavy atom. The van der Waals surface area contributed by atoms with Crippen LogP contribution in [0.1, 0.15) is 38.3 Å². The average molecular weight is 495 g/mol. The Labute approximate surface area is 190 Å². The van der Waals surface area contributed by atoms with Gasteiger partial charge in [0, 0.05) is 22.8 Å². The highest BCUT2D eigenvalue weighted by molar-refractivity contribution is 9.10. The van der Waals surface area contributed by atoms with E-state index in [2.05, 4.69) is 21.2 Å². The van der Waals surface area contributed by atoms with Crippen LogP contribution < -0.4 is 5.32 Å². The van der Waals surface area contributed by atoms with Crippen molar-refractivity contribution in [3.8, 4) is 0 Å². The topological polar surface area (TPSA) is 49.4 Å². The van der Waals surface area contributed by atoms with Crippen LogP contribution in [0.3, 0.4) is 0 Å². The van der Waals surface area contributed by atoms with Crippen molar-refractivity contribution < 1.29 is 14.0 Å². The molecule has 0 unspecified atom stereocenters. The molecule has 0 radical (unpaired) electrons. The molecule has 0 heterocycles. The van der Waals surface area contributed by atoms with Crippen molar-refractivity contribution in [2.45, 2.75) is 51.6 Å². The predicted octanol–water partition coefficient (Wildman–Crippen LogP) is 5.15. The highest BCUT2D eigenvalue weighted by atomic mass is 79.9. The summed E-state index contributed by atoms with van der Waals surface area (Å²) < 4.78 is 14.3. The average Bonchev–Trinajstić information content (AvgIpc) is 2.74. The lowest BCUT2D eigenvalue weighted by molar-refractivity contribution is -0.138. The number of nitrogens with one attached hydrogen (secondary N) is 1. The minimum Gasteiger partial charge on any atom is -0.352 e. The van der Waals surface area contributed by atoms with E-state index in [1.54, 1.807) is 24.0 Å². The van der Waals surface area contributed by atoms with Crippen molar-refractivity contribution in [2.24, 2.45) is 0 Å². The van der Waals surface area contributed by atoms with Crippen LogP contribution in [-0.2, 0) is 21.9 Å². The van der Waals surface area contributed by atoms with E-state index in [9.17, 15) is 14.0 Å². The van der Waals surface area contributed by atoms with Gasteiger partial charge in [-0.15, -0.1) is 11.8 Å². The molecule has 1 N–H and O–H groups in total. The molecule has 0 aliphatic rings. The van der Waals surface area contributed by atoms with Gasteiger partial charge in [0.25, 0.3) is 0 Å². The summed E-state index contributed by atoms with van der Waals surface area (Å²) in [7, 11) is 0. The number of hydrogen-bond donors (Lipinski definition) is 1. The number of rotatable bonds is 10. The van der Waals surface area contributed by atoms with Crippen LogP contribution in [-0.4, -0.2) is 34.6 Å². The van der Waals surface area contributed by atoms with E-state index in [1.165, 1.54) is 23.9 Å². The molecule has 0 fully saturated rings. The third kappa shape index (κ3) is 7.76. The van der Waals surface area contributed by atoms with Crippen molar-refractivity contribution in [1.82, 2.24) is 10.2 Å². The van der Waals surface area contributed by atoms with E-state index in [1.807, 2.05) is 38.1 Å². The molecule has 0 aliphatic heterocycles. The number of hydrogen-bond acceptors (Lipinski definition) is 3. The smallest absolute Gasteiger partial charge is 0.242 e. The number of nitrogens with zero attached hydrogens (tertiary/aromatic N) is 1. The van der Waals surface area contributed by atoms with E-state index < -0.39 is 6.04 Å². The fourth-order valence-electron chi connectivity index (χ4n) is 2.75. The second kappa shape index (κ2) is 12.1. The molecular formula is C23H28BrFN2O2S. The summed E-state index contributed by atoms with van der Waals surface area (Å²) in [5.74, 6) is 0.338. The number of carbonyl (C=O) groups excluding carboxylic acids is 2. The molecule has 7 heteroatoms. The first-order chi connectivity index (χ1) is 14.3. The van der Waals surface area contributed by atoms with E-state index in [0.29, 0.717) is 5.75 Å². The maximum absolute atomic E-state index is 13.3. The third-order valence-electron chi connectivity index (χ3n) is 4.84. The van der Waals surface area contributed by atoms with Crippen molar-refractivity contribution in [3.63, 3.8) is 0 Å². The van der Waals surface area contributed by atoms with Gasteiger partial charge in [-0.25, -0.2) is 4.39 Å². The Bertz CT molecular complexity index is 830. The van der Waals surface area contributed by atoms with Crippen LogP contribution >= 0.6 is 27.7 Å². The van der Waals surface area contributed by atoms with Gasteiger partial charge in [0.2, 0.25) is 11.8 Å². The van der Waals surface area contributed by atoms with Crippen LogP contribution in [0.25, 0.3) is 0 Å². The Hall–Kier alpha value is -1.86. The van der Waals surface area contributed by atoms with Gasteiger partial charge in [0.05, 0.1) is 5.75 Å². The number of halogens is 2. The molecule has 0 saturated carbocycles. The molecule has 0 saturated heterocycles.